The van der Waals surface area contributed by atoms with Crippen LogP contribution in [0.2, 0.25) is 13.1 Å². The van der Waals surface area contributed by atoms with Gasteiger partial charge in [0.05, 0.1) is 0 Å². The van der Waals surface area contributed by atoms with Crippen molar-refractivity contribution >= 4 is 48.1 Å². The van der Waals surface area contributed by atoms with E-state index < -0.39 is 20.8 Å². The van der Waals surface area contributed by atoms with Gasteiger partial charge in [-0.05, 0) is 58.8 Å². The van der Waals surface area contributed by atoms with Gasteiger partial charge in [0.2, 0.25) is 0 Å². The molecule has 0 fully saturated rings. The van der Waals surface area contributed by atoms with Crippen LogP contribution in [0.25, 0.3) is 43.8 Å². The van der Waals surface area contributed by atoms with Crippen LogP contribution in [0.1, 0.15) is 114 Å². The molecule has 6 aromatic rings. The summed E-state index contributed by atoms with van der Waals surface area (Å²) in [4.78, 5) is 0. The predicted molar refractivity (Wildman–Crippen MR) is 234 cm³/mol. The van der Waals surface area contributed by atoms with E-state index in [1.807, 2.05) is 0 Å². The van der Waals surface area contributed by atoms with E-state index in [0.717, 1.165) is 9.52 Å². The molecule has 0 aliphatic carbocycles. The number of aryl methyl sites for hydroxylation is 2. The van der Waals surface area contributed by atoms with Gasteiger partial charge in [0.25, 0.3) is 0 Å². The minimum atomic E-state index is -0.826. The van der Waals surface area contributed by atoms with Crippen LogP contribution < -0.4 is 0 Å². The van der Waals surface area contributed by atoms with E-state index in [4.69, 9.17) is 17.0 Å². The molecule has 0 saturated heterocycles. The Hall–Kier alpha value is -2.22. The normalized spacial score (nSPS) is 11.4. The van der Waals surface area contributed by atoms with Gasteiger partial charge in [0, 0.05) is 9.52 Å². The SMILES string of the molecule is C[Si]C.Cc1ccccc1-c1c(C(C)(C)C)ccc2[cH-]c(C(C)C)cc12.Cc1ccccc1-c1c(C(C)(C)C)ccc2[cH-]c(C(C)C)cc12.[Cl][Zr+2][Cl]. The van der Waals surface area contributed by atoms with Gasteiger partial charge in [0.1, 0.15) is 0 Å². The number of hydrogen-bond donors (Lipinski definition) is 0. The van der Waals surface area contributed by atoms with Crippen LogP contribution in [0.5, 0.6) is 0 Å². The third kappa shape index (κ3) is 10.9. The monoisotopic (exact) mass is 824 g/mol. The van der Waals surface area contributed by atoms with Crippen LogP contribution in [0.15, 0.2) is 97.1 Å². The van der Waals surface area contributed by atoms with Gasteiger partial charge in [-0.1, -0.05) is 153 Å². The summed E-state index contributed by atoms with van der Waals surface area (Å²) >= 11 is -0.826. The van der Waals surface area contributed by atoms with Crippen LogP contribution in [0, 0.1) is 13.8 Å². The summed E-state index contributed by atoms with van der Waals surface area (Å²) < 4.78 is 0. The first-order valence-corrected chi connectivity index (χ1v) is 26.9. The van der Waals surface area contributed by atoms with Crippen LogP contribution in [-0.4, -0.2) is 9.52 Å². The molecule has 6 aromatic carbocycles. The van der Waals surface area contributed by atoms with Crippen LogP contribution in [0.3, 0.4) is 0 Å². The van der Waals surface area contributed by atoms with Crippen LogP contribution >= 0.6 is 17.0 Å². The second kappa shape index (κ2) is 19.4. The Morgan fingerprint density at radius 3 is 1.13 bits per heavy atom. The summed E-state index contributed by atoms with van der Waals surface area (Å²) in [5.41, 5.74) is 14.2. The Kier molecular flexibility index (Phi) is 16.5. The molecule has 0 amide bonds. The van der Waals surface area contributed by atoms with E-state index in [9.17, 15) is 0 Å². The number of fused-ring (bicyclic) bond motifs is 2. The Bertz CT molecular complexity index is 1880. The Morgan fingerprint density at radius 1 is 0.558 bits per heavy atom. The van der Waals surface area contributed by atoms with Crippen molar-refractivity contribution in [3.63, 3.8) is 0 Å². The first-order chi connectivity index (χ1) is 24.4. The van der Waals surface area contributed by atoms with Crippen molar-refractivity contribution in [1.29, 1.82) is 0 Å². The molecule has 0 spiro atoms. The van der Waals surface area contributed by atoms with Crippen molar-refractivity contribution < 1.29 is 20.8 Å². The van der Waals surface area contributed by atoms with E-state index in [2.05, 4.69) is 193 Å². The molecule has 0 atom stereocenters. The zero-order chi connectivity index (χ0) is 39.0. The topological polar surface area (TPSA) is 0 Å². The molecule has 0 heterocycles. The molecule has 4 heteroatoms. The first-order valence-electron chi connectivity index (χ1n) is 18.6. The van der Waals surface area contributed by atoms with Crippen molar-refractivity contribution in [3.05, 3.63) is 130 Å². The zero-order valence-corrected chi connectivity index (χ0v) is 39.1. The number of hydrogen-bond acceptors (Lipinski definition) is 0. The van der Waals surface area contributed by atoms with Crippen molar-refractivity contribution in [2.45, 2.75) is 119 Å². The Balaban J connectivity index is 0.000000244. The number of halogens is 2. The van der Waals surface area contributed by atoms with Crippen molar-refractivity contribution in [2.75, 3.05) is 0 Å². The van der Waals surface area contributed by atoms with E-state index >= 15 is 0 Å². The fraction of sp³-hybridized carbons (Fsp3) is 0.375. The molecular formula is C48H60Cl2SiZr. The summed E-state index contributed by atoms with van der Waals surface area (Å²) in [6.45, 7) is 31.7. The molecule has 0 aromatic heterocycles. The van der Waals surface area contributed by atoms with Gasteiger partial charge in [-0.2, -0.15) is 12.1 Å². The van der Waals surface area contributed by atoms with Crippen LogP contribution in [0.4, 0.5) is 0 Å². The third-order valence-corrected chi connectivity index (χ3v) is 9.60. The summed E-state index contributed by atoms with van der Waals surface area (Å²) in [6, 6.07) is 36.3. The van der Waals surface area contributed by atoms with Crippen LogP contribution in [-0.2, 0) is 31.7 Å². The molecule has 0 nitrogen and oxygen atoms in total. The van der Waals surface area contributed by atoms with Crippen molar-refractivity contribution in [3.8, 4) is 22.3 Å². The van der Waals surface area contributed by atoms with Crippen molar-refractivity contribution in [1.82, 2.24) is 0 Å². The fourth-order valence-corrected chi connectivity index (χ4v) is 6.81. The molecule has 0 aliphatic heterocycles. The number of rotatable bonds is 4. The van der Waals surface area contributed by atoms with Crippen molar-refractivity contribution in [2.24, 2.45) is 0 Å². The third-order valence-electron chi connectivity index (χ3n) is 9.60. The van der Waals surface area contributed by atoms with Gasteiger partial charge < -0.3 is 0 Å². The van der Waals surface area contributed by atoms with Gasteiger partial charge in [-0.25, -0.2) is 0 Å². The standard InChI is InChI=1S/2C23H27.C2H6Si.2ClH.Zr/c2*1-15(2)18-13-17-11-12-21(23(4,5)6)22(20(17)14-18)19-10-8-7-9-16(19)3;1-3-2;;;/h2*7-15H,1-6H3;1-2H3;2*1H;/q2*-1;;;;+4/p-2. The van der Waals surface area contributed by atoms with Gasteiger partial charge in [-0.15, -0.1) is 69.1 Å². The molecule has 52 heavy (non-hydrogen) atoms. The van der Waals surface area contributed by atoms with Gasteiger partial charge in [-0.3, -0.25) is 0 Å². The molecule has 0 unspecified atom stereocenters. The maximum absolute atomic E-state index is 4.93. The van der Waals surface area contributed by atoms with E-state index in [1.165, 1.54) is 77.2 Å². The molecule has 0 saturated carbocycles. The van der Waals surface area contributed by atoms with E-state index in [1.54, 1.807) is 0 Å². The molecule has 2 radical (unpaired) electrons. The average Bonchev–Trinajstić information content (AvgIpc) is 3.70. The average molecular weight is 827 g/mol. The molecule has 6 rings (SSSR count). The van der Waals surface area contributed by atoms with Gasteiger partial charge in [0.15, 0.2) is 0 Å². The van der Waals surface area contributed by atoms with E-state index in [-0.39, 0.29) is 10.8 Å². The van der Waals surface area contributed by atoms with E-state index in [0.29, 0.717) is 11.8 Å². The zero-order valence-electron chi connectivity index (χ0n) is 34.1. The summed E-state index contributed by atoms with van der Waals surface area (Å²) in [5, 5.41) is 5.52. The molecule has 274 valence electrons. The fourth-order valence-electron chi connectivity index (χ4n) is 6.81. The summed E-state index contributed by atoms with van der Waals surface area (Å²) in [6.07, 6.45) is 0. The molecular weight excluding hydrogens is 767 g/mol. The second-order valence-electron chi connectivity index (χ2n) is 16.6. The minimum absolute atomic E-state index is 0.126. The Morgan fingerprint density at radius 2 is 0.865 bits per heavy atom. The Labute approximate surface area is 338 Å². The van der Waals surface area contributed by atoms with Gasteiger partial charge >= 0.3 is 37.9 Å². The molecule has 0 bridgehead atoms. The summed E-state index contributed by atoms with van der Waals surface area (Å²) in [7, 11) is 11.0. The predicted octanol–water partition coefficient (Wildman–Crippen LogP) is 16.1. The molecule has 0 N–H and O–H groups in total. The first kappa shape index (κ1) is 44.2. The summed E-state index contributed by atoms with van der Waals surface area (Å²) in [5.74, 6) is 1.12. The number of benzene rings is 4. The molecule has 0 aliphatic rings. The second-order valence-corrected chi connectivity index (χ2v) is 21.3. The quantitative estimate of drug-likeness (QED) is 0.123. The maximum atomic E-state index is 4.93.